The van der Waals surface area contributed by atoms with Gasteiger partial charge in [0, 0.05) is 17.8 Å². The second kappa shape index (κ2) is 4.75. The van der Waals surface area contributed by atoms with E-state index in [-0.39, 0.29) is 16.9 Å². The van der Waals surface area contributed by atoms with E-state index in [0.29, 0.717) is 17.8 Å². The summed E-state index contributed by atoms with van der Waals surface area (Å²) in [4.78, 5) is 23.2. The predicted molar refractivity (Wildman–Crippen MR) is 60.4 cm³/mol. The number of ketones is 1. The van der Waals surface area contributed by atoms with Gasteiger partial charge in [0.2, 0.25) is 0 Å². The minimum Gasteiger partial charge on any atom is -0.311 e. The van der Waals surface area contributed by atoms with Crippen LogP contribution in [0.15, 0.2) is 10.9 Å². The number of hydrogen-bond donors (Lipinski definition) is 0. The molecule has 0 atom stereocenters. The molecule has 0 N–H and O–H groups in total. The average Bonchev–Trinajstić information content (AvgIpc) is 2.24. The second-order valence-corrected chi connectivity index (χ2v) is 3.68. The molecule has 0 aliphatic rings. The number of aromatic nitrogens is 1. The standard InChI is InChI=1S/C12H14N2O2/c1-4-5-14-8(2)11(9(3)15)6-10(7-13)12(14)16/h6H,4-5H2,1-3H3. The highest BCUT2D eigenvalue weighted by Crippen LogP contribution is 2.09. The van der Waals surface area contributed by atoms with E-state index in [2.05, 4.69) is 0 Å². The molecule has 4 nitrogen and oxygen atoms in total. The number of rotatable bonds is 3. The number of pyridine rings is 1. The molecule has 16 heavy (non-hydrogen) atoms. The van der Waals surface area contributed by atoms with Crippen molar-refractivity contribution in [2.24, 2.45) is 0 Å². The van der Waals surface area contributed by atoms with Crippen molar-refractivity contribution in [3.8, 4) is 6.07 Å². The van der Waals surface area contributed by atoms with Gasteiger partial charge in [-0.3, -0.25) is 9.59 Å². The first-order valence-corrected chi connectivity index (χ1v) is 5.18. The topological polar surface area (TPSA) is 62.9 Å². The normalized spacial score (nSPS) is 9.88. The maximum atomic E-state index is 11.8. The van der Waals surface area contributed by atoms with E-state index in [1.165, 1.54) is 17.6 Å². The van der Waals surface area contributed by atoms with Crippen molar-refractivity contribution in [2.45, 2.75) is 33.7 Å². The molecule has 0 saturated carbocycles. The average molecular weight is 218 g/mol. The zero-order valence-corrected chi connectivity index (χ0v) is 9.70. The van der Waals surface area contributed by atoms with E-state index < -0.39 is 0 Å². The highest BCUT2D eigenvalue weighted by atomic mass is 16.1. The quantitative estimate of drug-likeness (QED) is 0.724. The SMILES string of the molecule is CCCn1c(C)c(C(C)=O)cc(C#N)c1=O. The number of carbonyl (C=O) groups excluding carboxylic acids is 1. The van der Waals surface area contributed by atoms with Gasteiger partial charge in [-0.05, 0) is 26.3 Å². The fourth-order valence-electron chi connectivity index (χ4n) is 1.68. The monoisotopic (exact) mass is 218 g/mol. The molecule has 1 aromatic heterocycles. The smallest absolute Gasteiger partial charge is 0.268 e. The molecule has 1 aromatic rings. The molecule has 0 spiro atoms. The van der Waals surface area contributed by atoms with Gasteiger partial charge in [0.15, 0.2) is 5.78 Å². The van der Waals surface area contributed by atoms with E-state index >= 15 is 0 Å². The van der Waals surface area contributed by atoms with Gasteiger partial charge in [-0.2, -0.15) is 5.26 Å². The Balaban J connectivity index is 3.59. The summed E-state index contributed by atoms with van der Waals surface area (Å²) in [5, 5.41) is 8.83. The summed E-state index contributed by atoms with van der Waals surface area (Å²) in [6.07, 6.45) is 0.785. The van der Waals surface area contributed by atoms with Gasteiger partial charge in [0.1, 0.15) is 11.6 Å². The van der Waals surface area contributed by atoms with Gasteiger partial charge in [0.25, 0.3) is 5.56 Å². The molecule has 0 aliphatic heterocycles. The number of nitriles is 1. The van der Waals surface area contributed by atoms with E-state index in [9.17, 15) is 9.59 Å². The van der Waals surface area contributed by atoms with Crippen LogP contribution in [-0.2, 0) is 6.54 Å². The number of Topliss-reactive ketones (excluding diaryl/α,β-unsaturated/α-hetero) is 1. The van der Waals surface area contributed by atoms with E-state index in [1.807, 2.05) is 13.0 Å². The Morgan fingerprint density at radius 2 is 2.19 bits per heavy atom. The van der Waals surface area contributed by atoms with Crippen molar-refractivity contribution in [1.29, 1.82) is 5.26 Å². The van der Waals surface area contributed by atoms with Crippen LogP contribution in [0.2, 0.25) is 0 Å². The largest absolute Gasteiger partial charge is 0.311 e. The molecular formula is C12H14N2O2. The Labute approximate surface area is 94.1 Å². The van der Waals surface area contributed by atoms with Crippen LogP contribution in [0.1, 0.15) is 41.9 Å². The highest BCUT2D eigenvalue weighted by Gasteiger charge is 2.13. The number of nitrogens with zero attached hydrogens (tertiary/aromatic N) is 2. The Morgan fingerprint density at radius 3 is 2.62 bits per heavy atom. The fourth-order valence-corrected chi connectivity index (χ4v) is 1.68. The first kappa shape index (κ1) is 12.2. The lowest BCUT2D eigenvalue weighted by atomic mass is 10.1. The molecule has 1 heterocycles. The summed E-state index contributed by atoms with van der Waals surface area (Å²) in [6.45, 7) is 5.64. The van der Waals surface area contributed by atoms with Gasteiger partial charge in [-0.1, -0.05) is 6.92 Å². The Bertz CT molecular complexity index is 521. The third-order valence-corrected chi connectivity index (χ3v) is 2.51. The van der Waals surface area contributed by atoms with Crippen LogP contribution in [0, 0.1) is 18.3 Å². The van der Waals surface area contributed by atoms with Crippen molar-refractivity contribution in [1.82, 2.24) is 4.57 Å². The van der Waals surface area contributed by atoms with Crippen molar-refractivity contribution >= 4 is 5.78 Å². The molecule has 0 unspecified atom stereocenters. The zero-order chi connectivity index (χ0) is 12.3. The van der Waals surface area contributed by atoms with Crippen LogP contribution in [0.3, 0.4) is 0 Å². The molecular weight excluding hydrogens is 204 g/mol. The Kier molecular flexibility index (Phi) is 3.62. The van der Waals surface area contributed by atoms with Gasteiger partial charge in [-0.25, -0.2) is 0 Å². The van der Waals surface area contributed by atoms with Crippen LogP contribution < -0.4 is 5.56 Å². The highest BCUT2D eigenvalue weighted by molar-refractivity contribution is 5.95. The van der Waals surface area contributed by atoms with Crippen LogP contribution in [0.4, 0.5) is 0 Å². The lowest BCUT2D eigenvalue weighted by Crippen LogP contribution is -2.26. The van der Waals surface area contributed by atoms with Crippen molar-refractivity contribution < 1.29 is 4.79 Å². The van der Waals surface area contributed by atoms with Crippen LogP contribution in [0.5, 0.6) is 0 Å². The molecule has 1 rings (SSSR count). The van der Waals surface area contributed by atoms with Gasteiger partial charge in [-0.15, -0.1) is 0 Å². The summed E-state index contributed by atoms with van der Waals surface area (Å²) < 4.78 is 1.50. The maximum absolute atomic E-state index is 11.8. The first-order valence-electron chi connectivity index (χ1n) is 5.18. The molecule has 0 bridgehead atoms. The van der Waals surface area contributed by atoms with E-state index in [1.54, 1.807) is 6.92 Å². The van der Waals surface area contributed by atoms with Crippen LogP contribution in [0.25, 0.3) is 0 Å². The summed E-state index contributed by atoms with van der Waals surface area (Å²) in [5.74, 6) is -0.126. The molecule has 0 radical (unpaired) electrons. The van der Waals surface area contributed by atoms with Crippen molar-refractivity contribution in [3.63, 3.8) is 0 Å². The third-order valence-electron chi connectivity index (χ3n) is 2.51. The molecule has 84 valence electrons. The van der Waals surface area contributed by atoms with Gasteiger partial charge < -0.3 is 4.57 Å². The molecule has 0 fully saturated rings. The van der Waals surface area contributed by atoms with E-state index in [4.69, 9.17) is 5.26 Å². The number of carbonyl (C=O) groups is 1. The number of hydrogen-bond acceptors (Lipinski definition) is 3. The predicted octanol–water partition coefficient (Wildman–Crippen LogP) is 1.64. The second-order valence-electron chi connectivity index (χ2n) is 3.68. The molecule has 0 saturated heterocycles. The molecule has 0 aliphatic carbocycles. The Hall–Kier alpha value is -1.89. The van der Waals surface area contributed by atoms with Crippen LogP contribution in [-0.4, -0.2) is 10.4 Å². The van der Waals surface area contributed by atoms with Crippen molar-refractivity contribution in [2.75, 3.05) is 0 Å². The van der Waals surface area contributed by atoms with Gasteiger partial charge in [0.05, 0.1) is 0 Å². The molecule has 4 heteroatoms. The fraction of sp³-hybridized carbons (Fsp3) is 0.417. The summed E-state index contributed by atoms with van der Waals surface area (Å²) in [7, 11) is 0. The molecule has 0 aromatic carbocycles. The maximum Gasteiger partial charge on any atom is 0.268 e. The van der Waals surface area contributed by atoms with Crippen LogP contribution >= 0.6 is 0 Å². The Morgan fingerprint density at radius 1 is 1.56 bits per heavy atom. The molecule has 0 amide bonds. The zero-order valence-electron chi connectivity index (χ0n) is 9.70. The van der Waals surface area contributed by atoms with Crippen molar-refractivity contribution in [3.05, 3.63) is 33.2 Å². The minimum absolute atomic E-state index is 0.0317. The lowest BCUT2D eigenvalue weighted by Gasteiger charge is -2.12. The third kappa shape index (κ3) is 2.03. The van der Waals surface area contributed by atoms with Gasteiger partial charge >= 0.3 is 0 Å². The van der Waals surface area contributed by atoms with E-state index in [0.717, 1.165) is 6.42 Å². The minimum atomic E-state index is -0.313. The summed E-state index contributed by atoms with van der Waals surface area (Å²) in [6, 6.07) is 3.21. The first-order chi connectivity index (χ1) is 7.52. The summed E-state index contributed by atoms with van der Waals surface area (Å²) in [5.41, 5.74) is 0.805. The summed E-state index contributed by atoms with van der Waals surface area (Å²) >= 11 is 0. The lowest BCUT2D eigenvalue weighted by molar-refractivity contribution is 0.101.